The second-order valence-corrected chi connectivity index (χ2v) is 7.64. The number of alkyl halides is 3. The molecule has 8 heteroatoms. The van der Waals surface area contributed by atoms with Gasteiger partial charge < -0.3 is 14.6 Å². The summed E-state index contributed by atoms with van der Waals surface area (Å²) in [5, 5.41) is 11.2. The van der Waals surface area contributed by atoms with Crippen molar-refractivity contribution in [3.05, 3.63) is 94.4 Å². The Morgan fingerprint density at radius 2 is 1.76 bits per heavy atom. The maximum Gasteiger partial charge on any atom is 0.417 e. The standard InChI is InChI=1S/C25H19F4NO3/c26-22-10-9-16(11-21(22)24(31)32)18-7-4-8-19(18)20-12-17(25(27,28)29)13-30-23(20)33-14-15-5-2-1-3-6-15/h1-3,5-6,9-13H,4,7-8,14H2,(H,31,32)/p-1. The smallest absolute Gasteiger partial charge is 0.417 e. The SMILES string of the molecule is O=C([O-])c1cc(C2=C(c3cc(C(F)(F)F)cnc3OCc3ccccc3)CCC2)ccc1F. The zero-order valence-electron chi connectivity index (χ0n) is 17.3. The summed E-state index contributed by atoms with van der Waals surface area (Å²) < 4.78 is 59.9. The summed E-state index contributed by atoms with van der Waals surface area (Å²) in [6.45, 7) is 0.111. The van der Waals surface area contributed by atoms with Crippen LogP contribution in [0, 0.1) is 5.82 Å². The number of nitrogens with zero attached hydrogens (tertiary/aromatic N) is 1. The number of rotatable bonds is 6. The van der Waals surface area contributed by atoms with E-state index in [1.54, 1.807) is 0 Å². The Morgan fingerprint density at radius 3 is 2.45 bits per heavy atom. The number of halogens is 4. The third-order valence-electron chi connectivity index (χ3n) is 5.47. The van der Waals surface area contributed by atoms with Crippen LogP contribution in [0.2, 0.25) is 0 Å². The highest BCUT2D eigenvalue weighted by atomic mass is 19.4. The number of hydrogen-bond acceptors (Lipinski definition) is 4. The normalized spacial score (nSPS) is 13.9. The molecule has 1 aliphatic rings. The molecule has 0 unspecified atom stereocenters. The average Bonchev–Trinajstić information content (AvgIpc) is 3.27. The highest BCUT2D eigenvalue weighted by Gasteiger charge is 2.33. The Kier molecular flexibility index (Phi) is 6.18. The molecule has 0 aliphatic heterocycles. The quantitative estimate of drug-likeness (QED) is 0.474. The molecule has 0 amide bonds. The maximum atomic E-state index is 13.8. The fourth-order valence-corrected chi connectivity index (χ4v) is 3.89. The summed E-state index contributed by atoms with van der Waals surface area (Å²) in [6.07, 6.45) is -2.31. The molecule has 0 N–H and O–H groups in total. The third-order valence-corrected chi connectivity index (χ3v) is 5.47. The molecule has 0 bridgehead atoms. The Balaban J connectivity index is 1.80. The third kappa shape index (κ3) is 4.89. The van der Waals surface area contributed by atoms with Crippen LogP contribution in [0.3, 0.4) is 0 Å². The minimum absolute atomic E-state index is 0.0449. The lowest BCUT2D eigenvalue weighted by molar-refractivity contribution is -0.255. The molecule has 0 saturated carbocycles. The first-order chi connectivity index (χ1) is 15.7. The van der Waals surface area contributed by atoms with E-state index in [1.807, 2.05) is 30.3 Å². The molecule has 2 aromatic carbocycles. The number of benzene rings is 2. The number of hydrogen-bond donors (Lipinski definition) is 0. The second-order valence-electron chi connectivity index (χ2n) is 7.64. The van der Waals surface area contributed by atoms with Gasteiger partial charge in [0.2, 0.25) is 5.88 Å². The van der Waals surface area contributed by atoms with Gasteiger partial charge in [0, 0.05) is 17.3 Å². The van der Waals surface area contributed by atoms with E-state index in [-0.39, 0.29) is 18.1 Å². The minimum atomic E-state index is -4.60. The molecule has 4 nitrogen and oxygen atoms in total. The molecule has 0 spiro atoms. The predicted molar refractivity (Wildman–Crippen MR) is 111 cm³/mol. The van der Waals surface area contributed by atoms with Crippen molar-refractivity contribution < 1.29 is 32.2 Å². The largest absolute Gasteiger partial charge is 0.545 e. The first-order valence-corrected chi connectivity index (χ1v) is 10.2. The number of carboxylic acids is 1. The zero-order valence-corrected chi connectivity index (χ0v) is 17.3. The van der Waals surface area contributed by atoms with Gasteiger partial charge in [-0.3, -0.25) is 0 Å². The van der Waals surface area contributed by atoms with E-state index in [0.29, 0.717) is 36.0 Å². The molecule has 170 valence electrons. The summed E-state index contributed by atoms with van der Waals surface area (Å²) in [6, 6.07) is 13.7. The van der Waals surface area contributed by atoms with E-state index in [9.17, 15) is 27.5 Å². The van der Waals surface area contributed by atoms with Gasteiger partial charge in [0.1, 0.15) is 12.4 Å². The summed E-state index contributed by atoms with van der Waals surface area (Å²) in [4.78, 5) is 15.2. The van der Waals surface area contributed by atoms with Crippen molar-refractivity contribution in [2.75, 3.05) is 0 Å². The van der Waals surface area contributed by atoms with Crippen LogP contribution in [0.4, 0.5) is 17.6 Å². The van der Waals surface area contributed by atoms with Crippen LogP contribution in [0.15, 0.2) is 60.8 Å². The van der Waals surface area contributed by atoms with Gasteiger partial charge in [0.25, 0.3) is 0 Å². The lowest BCUT2D eigenvalue weighted by atomic mass is 9.95. The van der Waals surface area contributed by atoms with Crippen molar-refractivity contribution in [3.63, 3.8) is 0 Å². The van der Waals surface area contributed by atoms with E-state index < -0.39 is 29.1 Å². The Labute approximate surface area is 187 Å². The van der Waals surface area contributed by atoms with Crippen LogP contribution in [-0.4, -0.2) is 11.0 Å². The van der Waals surface area contributed by atoms with Crippen molar-refractivity contribution >= 4 is 17.1 Å². The van der Waals surface area contributed by atoms with Crippen LogP contribution in [0.1, 0.15) is 51.9 Å². The molecule has 33 heavy (non-hydrogen) atoms. The minimum Gasteiger partial charge on any atom is -0.545 e. The molecule has 1 aliphatic carbocycles. The van der Waals surface area contributed by atoms with Gasteiger partial charge in [0.15, 0.2) is 0 Å². The Bertz CT molecular complexity index is 1220. The van der Waals surface area contributed by atoms with Gasteiger partial charge in [-0.15, -0.1) is 0 Å². The fourth-order valence-electron chi connectivity index (χ4n) is 3.89. The number of ether oxygens (including phenoxy) is 1. The number of aromatic carboxylic acids is 1. The number of allylic oxidation sites excluding steroid dienone is 2. The molecular weight excluding hydrogens is 438 g/mol. The molecular formula is C25H18F4NO3-. The van der Waals surface area contributed by atoms with E-state index >= 15 is 0 Å². The summed E-state index contributed by atoms with van der Waals surface area (Å²) in [5.74, 6) is -2.56. The van der Waals surface area contributed by atoms with Crippen molar-refractivity contribution in [1.82, 2.24) is 4.98 Å². The molecule has 0 radical (unpaired) electrons. The second kappa shape index (κ2) is 9.05. The molecule has 1 heterocycles. The number of carboxylic acid groups (broad SMARTS) is 1. The van der Waals surface area contributed by atoms with Crippen molar-refractivity contribution in [1.29, 1.82) is 0 Å². The highest BCUT2D eigenvalue weighted by Crippen LogP contribution is 2.44. The maximum absolute atomic E-state index is 13.8. The van der Waals surface area contributed by atoms with Crippen molar-refractivity contribution in [3.8, 4) is 5.88 Å². The monoisotopic (exact) mass is 456 g/mol. The fraction of sp³-hybridized carbons (Fsp3) is 0.200. The van der Waals surface area contributed by atoms with E-state index in [1.165, 1.54) is 6.07 Å². The van der Waals surface area contributed by atoms with E-state index in [0.717, 1.165) is 30.0 Å². The summed E-state index contributed by atoms with van der Waals surface area (Å²) in [7, 11) is 0. The summed E-state index contributed by atoms with van der Waals surface area (Å²) >= 11 is 0. The van der Waals surface area contributed by atoms with Gasteiger partial charge in [-0.1, -0.05) is 36.4 Å². The van der Waals surface area contributed by atoms with Gasteiger partial charge >= 0.3 is 6.18 Å². The molecule has 0 fully saturated rings. The lowest BCUT2D eigenvalue weighted by Gasteiger charge is -2.16. The highest BCUT2D eigenvalue weighted by molar-refractivity contribution is 5.96. The number of pyridine rings is 1. The molecule has 1 aromatic heterocycles. The topological polar surface area (TPSA) is 62.2 Å². The first-order valence-electron chi connectivity index (χ1n) is 10.2. The average molecular weight is 456 g/mol. The Morgan fingerprint density at radius 1 is 1.03 bits per heavy atom. The first kappa shape index (κ1) is 22.5. The van der Waals surface area contributed by atoms with E-state index in [2.05, 4.69) is 4.98 Å². The van der Waals surface area contributed by atoms with Gasteiger partial charge in [-0.05, 0) is 59.7 Å². The van der Waals surface area contributed by atoms with Gasteiger partial charge in [0.05, 0.1) is 11.5 Å². The number of carbonyl (C=O) groups is 1. The van der Waals surface area contributed by atoms with Crippen LogP contribution in [0.5, 0.6) is 5.88 Å². The summed E-state index contributed by atoms with van der Waals surface area (Å²) in [5.41, 5.74) is 1.09. The van der Waals surface area contributed by atoms with Crippen LogP contribution < -0.4 is 9.84 Å². The molecule has 4 rings (SSSR count). The number of aromatic nitrogens is 1. The molecule has 3 aromatic rings. The van der Waals surface area contributed by atoms with Crippen LogP contribution in [0.25, 0.3) is 11.1 Å². The van der Waals surface area contributed by atoms with Crippen LogP contribution >= 0.6 is 0 Å². The van der Waals surface area contributed by atoms with Crippen LogP contribution in [-0.2, 0) is 12.8 Å². The lowest BCUT2D eigenvalue weighted by Crippen LogP contribution is -2.23. The van der Waals surface area contributed by atoms with Gasteiger partial charge in [-0.2, -0.15) is 13.2 Å². The predicted octanol–water partition coefficient (Wildman–Crippen LogP) is 5.28. The van der Waals surface area contributed by atoms with E-state index in [4.69, 9.17) is 4.74 Å². The van der Waals surface area contributed by atoms with Gasteiger partial charge in [-0.25, -0.2) is 9.37 Å². The number of carbonyl (C=O) groups excluding carboxylic acids is 1. The Hall–Kier alpha value is -3.68. The van der Waals surface area contributed by atoms with Crippen molar-refractivity contribution in [2.24, 2.45) is 0 Å². The zero-order chi connectivity index (χ0) is 23.6. The molecule has 0 atom stereocenters. The molecule has 0 saturated heterocycles. The van der Waals surface area contributed by atoms with Crippen molar-refractivity contribution in [2.45, 2.75) is 32.0 Å².